The predicted molar refractivity (Wildman–Crippen MR) is 72.5 cm³/mol. The maximum Gasteiger partial charge on any atom is 0.416 e. The lowest BCUT2D eigenvalue weighted by Gasteiger charge is -2.21. The normalized spacial score (nSPS) is 11.3. The van der Waals surface area contributed by atoms with Crippen molar-refractivity contribution >= 4 is 29.3 Å². The van der Waals surface area contributed by atoms with E-state index in [1.54, 1.807) is 6.26 Å². The third kappa shape index (κ3) is 3.75. The average molecular weight is 305 g/mol. The van der Waals surface area contributed by atoms with E-state index in [2.05, 4.69) is 0 Å². The molecule has 0 saturated heterocycles. The van der Waals surface area contributed by atoms with Crippen LogP contribution < -0.4 is 4.90 Å². The molecular weight excluding hydrogens is 291 g/mol. The van der Waals surface area contributed by atoms with Crippen molar-refractivity contribution in [2.45, 2.75) is 25.8 Å². The van der Waals surface area contributed by atoms with Crippen molar-refractivity contribution in [3.63, 3.8) is 0 Å². The van der Waals surface area contributed by atoms with Crippen LogP contribution in [0.5, 0.6) is 0 Å². The van der Waals surface area contributed by atoms with Crippen LogP contribution in [0.1, 0.15) is 25.0 Å². The Morgan fingerprint density at radius 3 is 2.15 bits per heavy atom. The summed E-state index contributed by atoms with van der Waals surface area (Å²) in [5.74, 6) is -0.782. The van der Waals surface area contributed by atoms with Gasteiger partial charge in [-0.2, -0.15) is 24.9 Å². The van der Waals surface area contributed by atoms with Crippen LogP contribution in [0.3, 0.4) is 0 Å². The van der Waals surface area contributed by atoms with Gasteiger partial charge in [-0.15, -0.1) is 0 Å². The monoisotopic (exact) mass is 305 g/mol. The van der Waals surface area contributed by atoms with E-state index in [-0.39, 0.29) is 11.4 Å². The number of rotatable bonds is 3. The maximum atomic E-state index is 12.7. The highest BCUT2D eigenvalue weighted by atomic mass is 32.2. The van der Waals surface area contributed by atoms with Crippen LogP contribution in [0.4, 0.5) is 18.9 Å². The number of benzene rings is 1. The number of carbonyl (C=O) groups is 2. The largest absolute Gasteiger partial charge is 0.416 e. The molecule has 0 aliphatic heterocycles. The molecule has 0 radical (unpaired) electrons. The molecule has 110 valence electrons. The fourth-order valence-corrected chi connectivity index (χ4v) is 2.35. The summed E-state index contributed by atoms with van der Waals surface area (Å²) in [6.07, 6.45) is -2.72. The fraction of sp³-hybridized carbons (Fsp3) is 0.385. The van der Waals surface area contributed by atoms with Crippen LogP contribution in [0, 0.1) is 0 Å². The summed E-state index contributed by atoms with van der Waals surface area (Å²) < 4.78 is 38.1. The van der Waals surface area contributed by atoms with Crippen molar-refractivity contribution in [3.8, 4) is 0 Å². The summed E-state index contributed by atoms with van der Waals surface area (Å²) in [5, 5.41) is 0. The molecule has 1 rings (SSSR count). The summed E-state index contributed by atoms with van der Waals surface area (Å²) >= 11 is 1.31. The van der Waals surface area contributed by atoms with Crippen LogP contribution in [0.15, 0.2) is 18.2 Å². The van der Waals surface area contributed by atoms with Crippen LogP contribution in [0.25, 0.3) is 0 Å². The Balaban J connectivity index is 3.39. The molecule has 20 heavy (non-hydrogen) atoms. The number of amides is 2. The first kappa shape index (κ1) is 16.6. The van der Waals surface area contributed by atoms with Crippen molar-refractivity contribution in [1.82, 2.24) is 0 Å². The minimum absolute atomic E-state index is 0.201. The molecule has 1 aromatic rings. The summed E-state index contributed by atoms with van der Waals surface area (Å²) in [4.78, 5) is 23.9. The van der Waals surface area contributed by atoms with Gasteiger partial charge in [0, 0.05) is 19.6 Å². The van der Waals surface area contributed by atoms with E-state index < -0.39 is 23.6 Å². The van der Waals surface area contributed by atoms with Gasteiger partial charge in [0.2, 0.25) is 11.8 Å². The van der Waals surface area contributed by atoms with Gasteiger partial charge in [-0.25, -0.2) is 0 Å². The molecule has 7 heteroatoms. The molecule has 0 fully saturated rings. The average Bonchev–Trinajstić information content (AvgIpc) is 2.29. The molecule has 0 spiro atoms. The third-order valence-electron chi connectivity index (χ3n) is 2.58. The molecule has 0 heterocycles. The molecule has 0 bridgehead atoms. The zero-order valence-electron chi connectivity index (χ0n) is 11.2. The first-order valence-corrected chi connectivity index (χ1v) is 7.08. The molecule has 0 aliphatic carbocycles. The quantitative estimate of drug-likeness (QED) is 0.858. The number of carbonyl (C=O) groups excluding carboxylic acids is 2. The smallest absolute Gasteiger partial charge is 0.274 e. The van der Waals surface area contributed by atoms with Crippen LogP contribution in [-0.4, -0.2) is 18.1 Å². The Morgan fingerprint density at radius 1 is 1.20 bits per heavy atom. The lowest BCUT2D eigenvalue weighted by Crippen LogP contribution is -2.34. The zero-order chi connectivity index (χ0) is 15.5. The lowest BCUT2D eigenvalue weighted by molar-refractivity contribution is -0.137. The van der Waals surface area contributed by atoms with E-state index in [9.17, 15) is 22.8 Å². The molecule has 0 saturated carbocycles. The number of hydrogen-bond acceptors (Lipinski definition) is 3. The molecule has 0 unspecified atom stereocenters. The molecule has 3 nitrogen and oxygen atoms in total. The number of thioether (sulfide) groups is 1. The Kier molecular flexibility index (Phi) is 5.21. The summed E-state index contributed by atoms with van der Waals surface area (Å²) in [6, 6.07) is 3.01. The Labute approximate surface area is 119 Å². The number of alkyl halides is 3. The first-order valence-electron chi connectivity index (χ1n) is 5.68. The van der Waals surface area contributed by atoms with E-state index in [1.807, 2.05) is 0 Å². The second-order valence-corrected chi connectivity index (χ2v) is 5.01. The van der Waals surface area contributed by atoms with Gasteiger partial charge in [0.15, 0.2) is 0 Å². The predicted octanol–water partition coefficient (Wildman–Crippen LogP) is 3.47. The van der Waals surface area contributed by atoms with Crippen LogP contribution >= 0.6 is 11.8 Å². The molecule has 1 aromatic carbocycles. The highest BCUT2D eigenvalue weighted by Crippen LogP contribution is 2.34. The topological polar surface area (TPSA) is 37.4 Å². The molecule has 0 aromatic heterocycles. The summed E-state index contributed by atoms with van der Waals surface area (Å²) in [7, 11) is 0. The van der Waals surface area contributed by atoms with Crippen LogP contribution in [-0.2, 0) is 21.5 Å². The van der Waals surface area contributed by atoms with Crippen molar-refractivity contribution < 1.29 is 22.8 Å². The van der Waals surface area contributed by atoms with E-state index in [0.717, 1.165) is 23.1 Å². The van der Waals surface area contributed by atoms with Gasteiger partial charge < -0.3 is 0 Å². The van der Waals surface area contributed by atoms with Crippen molar-refractivity contribution in [3.05, 3.63) is 29.3 Å². The fourth-order valence-electron chi connectivity index (χ4n) is 1.81. The molecular formula is C13H14F3NO2S. The minimum Gasteiger partial charge on any atom is -0.274 e. The highest BCUT2D eigenvalue weighted by molar-refractivity contribution is 7.97. The van der Waals surface area contributed by atoms with E-state index in [0.29, 0.717) is 5.56 Å². The highest BCUT2D eigenvalue weighted by Gasteiger charge is 2.32. The second-order valence-electron chi connectivity index (χ2n) is 4.15. The second kappa shape index (κ2) is 6.30. The van der Waals surface area contributed by atoms with E-state index >= 15 is 0 Å². The van der Waals surface area contributed by atoms with Gasteiger partial charge in [0.05, 0.1) is 11.3 Å². The maximum absolute atomic E-state index is 12.7. The minimum atomic E-state index is -4.46. The van der Waals surface area contributed by atoms with Crippen molar-refractivity contribution in [2.75, 3.05) is 11.2 Å². The Morgan fingerprint density at radius 2 is 1.75 bits per heavy atom. The Bertz CT molecular complexity index is 515. The number of imide groups is 1. The Hall–Kier alpha value is -1.50. The third-order valence-corrected chi connectivity index (χ3v) is 3.18. The lowest BCUT2D eigenvalue weighted by atomic mass is 10.1. The number of anilines is 1. The number of hydrogen-bond donors (Lipinski definition) is 0. The summed E-state index contributed by atoms with van der Waals surface area (Å²) in [6.45, 7) is 2.39. The SMILES string of the molecule is CSCc1cc(C(F)(F)F)ccc1N(C(C)=O)C(C)=O. The van der Waals surface area contributed by atoms with Gasteiger partial charge >= 0.3 is 6.18 Å². The van der Waals surface area contributed by atoms with Crippen LogP contribution in [0.2, 0.25) is 0 Å². The standard InChI is InChI=1S/C13H14F3NO2S/c1-8(18)17(9(2)19)12-5-4-11(13(14,15)16)6-10(12)7-20-3/h4-6H,7H2,1-3H3. The molecule has 2 amide bonds. The van der Waals surface area contributed by atoms with Gasteiger partial charge in [-0.1, -0.05) is 0 Å². The molecule has 0 atom stereocenters. The van der Waals surface area contributed by atoms with Gasteiger partial charge in [-0.05, 0) is 30.0 Å². The van der Waals surface area contributed by atoms with E-state index in [1.165, 1.54) is 25.6 Å². The van der Waals surface area contributed by atoms with Gasteiger partial charge in [0.1, 0.15) is 0 Å². The molecule has 0 N–H and O–H groups in total. The van der Waals surface area contributed by atoms with Gasteiger partial charge in [0.25, 0.3) is 0 Å². The summed E-state index contributed by atoms with van der Waals surface area (Å²) in [5.41, 5.74) is -0.289. The number of nitrogens with zero attached hydrogens (tertiary/aromatic N) is 1. The van der Waals surface area contributed by atoms with Crippen molar-refractivity contribution in [1.29, 1.82) is 0 Å². The number of halogens is 3. The van der Waals surface area contributed by atoms with Crippen molar-refractivity contribution in [2.24, 2.45) is 0 Å². The zero-order valence-corrected chi connectivity index (χ0v) is 12.1. The van der Waals surface area contributed by atoms with Gasteiger partial charge in [-0.3, -0.25) is 14.5 Å². The van der Waals surface area contributed by atoms with E-state index in [4.69, 9.17) is 0 Å². The first-order chi connectivity index (χ1) is 9.18. The molecule has 0 aliphatic rings.